The van der Waals surface area contributed by atoms with Gasteiger partial charge in [-0.1, -0.05) is 29.5 Å². The third-order valence-corrected chi connectivity index (χ3v) is 6.90. The number of rotatable bonds is 7. The number of carbonyl (C=O) groups is 1. The number of carboxylic acid groups (broad SMARTS) is 1. The number of aromatic carboxylic acids is 1. The second-order valence-corrected chi connectivity index (χ2v) is 9.48. The molecule has 11 heteroatoms. The van der Waals surface area contributed by atoms with E-state index < -0.39 is 23.2 Å². The van der Waals surface area contributed by atoms with E-state index in [1.54, 1.807) is 48.7 Å². The summed E-state index contributed by atoms with van der Waals surface area (Å²) >= 11 is 1.41. The predicted octanol–water partition coefficient (Wildman–Crippen LogP) is 6.43. The van der Waals surface area contributed by atoms with Gasteiger partial charge in [0.15, 0.2) is 5.13 Å². The molecule has 0 bridgehead atoms. The van der Waals surface area contributed by atoms with E-state index in [1.807, 2.05) is 25.8 Å². The number of aromatic nitrogens is 3. The number of halogens is 3. The minimum atomic E-state index is -4.47. The van der Waals surface area contributed by atoms with E-state index in [2.05, 4.69) is 20.3 Å². The van der Waals surface area contributed by atoms with Crippen LogP contribution in [0.15, 0.2) is 67.0 Å². The van der Waals surface area contributed by atoms with E-state index in [1.165, 1.54) is 11.3 Å². The van der Waals surface area contributed by atoms with Crippen molar-refractivity contribution in [2.45, 2.75) is 25.6 Å². The molecule has 36 heavy (non-hydrogen) atoms. The number of benzene rings is 1. The van der Waals surface area contributed by atoms with E-state index in [0.29, 0.717) is 11.5 Å². The average Bonchev–Trinajstić information content (AvgIpc) is 3.34. The molecule has 7 nitrogen and oxygen atoms in total. The molecule has 0 aliphatic carbocycles. The SMILES string of the molecule is CN(c1ncc(-c2cccc(Nc3cc(C(F)(F)F)ccn3)n2)s1)C(C)(C)c1ccc(C(=O)O)cc1. The van der Waals surface area contributed by atoms with Gasteiger partial charge in [-0.15, -0.1) is 0 Å². The van der Waals surface area contributed by atoms with Crippen LogP contribution in [0.25, 0.3) is 10.6 Å². The number of carboxylic acids is 1. The van der Waals surface area contributed by atoms with Gasteiger partial charge in [0.05, 0.1) is 27.2 Å². The Balaban J connectivity index is 1.54. The summed E-state index contributed by atoms with van der Waals surface area (Å²) in [4.78, 5) is 26.9. The van der Waals surface area contributed by atoms with Gasteiger partial charge in [0.2, 0.25) is 0 Å². The maximum Gasteiger partial charge on any atom is 0.416 e. The van der Waals surface area contributed by atoms with Crippen LogP contribution in [0.4, 0.5) is 29.9 Å². The summed E-state index contributed by atoms with van der Waals surface area (Å²) in [5, 5.41) is 12.7. The first-order valence-corrected chi connectivity index (χ1v) is 11.6. The molecule has 0 radical (unpaired) electrons. The van der Waals surface area contributed by atoms with Crippen LogP contribution in [0.1, 0.15) is 35.3 Å². The van der Waals surface area contributed by atoms with Crippen LogP contribution < -0.4 is 10.2 Å². The Hall–Kier alpha value is -3.99. The van der Waals surface area contributed by atoms with Crippen molar-refractivity contribution < 1.29 is 23.1 Å². The standard InChI is InChI=1S/C25H22F3N5O2S/c1-24(2,16-9-7-15(8-10-16)22(34)35)33(3)23-30-14-19(36-23)18-5-4-6-20(31-18)32-21-13-17(11-12-29-21)25(26,27)28/h4-14H,1-3H3,(H,34,35)(H,29,31,32). The van der Waals surface area contributed by atoms with E-state index in [0.717, 1.165) is 33.9 Å². The van der Waals surface area contributed by atoms with Gasteiger partial charge in [-0.05, 0) is 55.8 Å². The van der Waals surface area contributed by atoms with Crippen LogP contribution in [-0.2, 0) is 11.7 Å². The van der Waals surface area contributed by atoms with Crippen molar-refractivity contribution >= 4 is 34.1 Å². The third-order valence-electron chi connectivity index (χ3n) is 5.80. The molecule has 0 atom stereocenters. The largest absolute Gasteiger partial charge is 0.478 e. The van der Waals surface area contributed by atoms with Crippen LogP contribution in [-0.4, -0.2) is 33.1 Å². The highest BCUT2D eigenvalue weighted by molar-refractivity contribution is 7.18. The normalized spacial score (nSPS) is 11.8. The Morgan fingerprint density at radius 3 is 2.39 bits per heavy atom. The van der Waals surface area contributed by atoms with E-state index in [9.17, 15) is 18.0 Å². The van der Waals surface area contributed by atoms with Crippen LogP contribution in [0.3, 0.4) is 0 Å². The first-order chi connectivity index (χ1) is 16.9. The van der Waals surface area contributed by atoms with Crippen molar-refractivity contribution in [2.24, 2.45) is 0 Å². The molecule has 0 aliphatic heterocycles. The lowest BCUT2D eigenvalue weighted by atomic mass is 9.92. The van der Waals surface area contributed by atoms with Gasteiger partial charge in [-0.25, -0.2) is 19.7 Å². The zero-order chi connectivity index (χ0) is 26.1. The molecule has 0 amide bonds. The van der Waals surface area contributed by atoms with Gasteiger partial charge < -0.3 is 15.3 Å². The van der Waals surface area contributed by atoms with Crippen molar-refractivity contribution in [2.75, 3.05) is 17.3 Å². The summed E-state index contributed by atoms with van der Waals surface area (Å²) in [6.07, 6.45) is -1.68. The number of nitrogens with one attached hydrogen (secondary N) is 1. The molecule has 3 heterocycles. The van der Waals surface area contributed by atoms with Crippen molar-refractivity contribution in [3.05, 3.63) is 83.7 Å². The van der Waals surface area contributed by atoms with Crippen molar-refractivity contribution in [1.82, 2.24) is 15.0 Å². The van der Waals surface area contributed by atoms with Gasteiger partial charge in [0.1, 0.15) is 11.6 Å². The fraction of sp³-hybridized carbons (Fsp3) is 0.200. The highest BCUT2D eigenvalue weighted by Crippen LogP contribution is 2.37. The van der Waals surface area contributed by atoms with E-state index >= 15 is 0 Å². The van der Waals surface area contributed by atoms with Crippen LogP contribution >= 0.6 is 11.3 Å². The summed E-state index contributed by atoms with van der Waals surface area (Å²) < 4.78 is 39.0. The van der Waals surface area contributed by atoms with Gasteiger partial charge in [-0.3, -0.25) is 0 Å². The third kappa shape index (κ3) is 5.30. The molecular weight excluding hydrogens is 491 g/mol. The maximum atomic E-state index is 13.0. The second-order valence-electron chi connectivity index (χ2n) is 8.47. The molecular formula is C25H22F3N5O2S. The molecule has 4 aromatic rings. The Morgan fingerprint density at radius 2 is 1.72 bits per heavy atom. The second kappa shape index (κ2) is 9.57. The number of nitrogens with zero attached hydrogens (tertiary/aromatic N) is 4. The maximum absolute atomic E-state index is 13.0. The van der Waals surface area contributed by atoms with Gasteiger partial charge >= 0.3 is 12.1 Å². The molecule has 186 valence electrons. The number of anilines is 3. The Labute approximate surface area is 209 Å². The number of hydrogen-bond donors (Lipinski definition) is 2. The molecule has 0 fully saturated rings. The van der Waals surface area contributed by atoms with Crippen molar-refractivity contribution in [1.29, 1.82) is 0 Å². The molecule has 0 saturated heterocycles. The first-order valence-electron chi connectivity index (χ1n) is 10.8. The minimum Gasteiger partial charge on any atom is -0.478 e. The van der Waals surface area contributed by atoms with Crippen LogP contribution in [0.5, 0.6) is 0 Å². The Bertz CT molecular complexity index is 1390. The quantitative estimate of drug-likeness (QED) is 0.294. The molecule has 0 spiro atoms. The molecule has 2 N–H and O–H groups in total. The summed E-state index contributed by atoms with van der Waals surface area (Å²) in [5.41, 5.74) is 0.454. The summed E-state index contributed by atoms with van der Waals surface area (Å²) in [5.74, 6) is -0.596. The smallest absolute Gasteiger partial charge is 0.416 e. The molecule has 3 aromatic heterocycles. The molecule has 0 saturated carbocycles. The van der Waals surface area contributed by atoms with E-state index in [4.69, 9.17) is 5.11 Å². The van der Waals surface area contributed by atoms with Crippen molar-refractivity contribution in [3.8, 4) is 10.6 Å². The lowest BCUT2D eigenvalue weighted by Gasteiger charge is -2.36. The topological polar surface area (TPSA) is 91.2 Å². The highest BCUT2D eigenvalue weighted by atomic mass is 32.1. The number of pyridine rings is 2. The van der Waals surface area contributed by atoms with Crippen LogP contribution in [0.2, 0.25) is 0 Å². The van der Waals surface area contributed by atoms with Crippen molar-refractivity contribution in [3.63, 3.8) is 0 Å². The number of alkyl halides is 3. The van der Waals surface area contributed by atoms with Gasteiger partial charge in [0, 0.05) is 19.4 Å². The molecule has 4 rings (SSSR count). The number of thiazole rings is 1. The van der Waals surface area contributed by atoms with Gasteiger partial charge in [0.25, 0.3) is 0 Å². The summed E-state index contributed by atoms with van der Waals surface area (Å²) in [6.45, 7) is 4.02. The van der Waals surface area contributed by atoms with Gasteiger partial charge in [-0.2, -0.15) is 13.2 Å². The van der Waals surface area contributed by atoms with Crippen LogP contribution in [0, 0.1) is 0 Å². The Morgan fingerprint density at radius 1 is 1.00 bits per heavy atom. The monoisotopic (exact) mass is 513 g/mol. The summed E-state index contributed by atoms with van der Waals surface area (Å²) in [6, 6.07) is 13.7. The first kappa shape index (κ1) is 25.1. The predicted molar refractivity (Wildman–Crippen MR) is 133 cm³/mol. The minimum absolute atomic E-state index is 0.0369. The lowest BCUT2D eigenvalue weighted by molar-refractivity contribution is -0.137. The fourth-order valence-electron chi connectivity index (χ4n) is 3.44. The molecule has 0 unspecified atom stereocenters. The van der Waals surface area contributed by atoms with E-state index in [-0.39, 0.29) is 11.4 Å². The Kier molecular flexibility index (Phi) is 6.68. The number of hydrogen-bond acceptors (Lipinski definition) is 7. The zero-order valence-electron chi connectivity index (χ0n) is 19.5. The zero-order valence-corrected chi connectivity index (χ0v) is 20.4. The molecule has 0 aliphatic rings. The highest BCUT2D eigenvalue weighted by Gasteiger charge is 2.31. The fourth-order valence-corrected chi connectivity index (χ4v) is 4.43. The molecule has 1 aromatic carbocycles. The average molecular weight is 514 g/mol. The summed E-state index contributed by atoms with van der Waals surface area (Å²) in [7, 11) is 1.90. The lowest BCUT2D eigenvalue weighted by Crippen LogP contribution is -2.38.